The van der Waals surface area contributed by atoms with E-state index in [1.54, 1.807) is 29.3 Å². The van der Waals surface area contributed by atoms with Gasteiger partial charge in [0.25, 0.3) is 0 Å². The van der Waals surface area contributed by atoms with E-state index in [2.05, 4.69) is 16.0 Å². The molecular formula is C23H20ClN3O2. The first-order valence-corrected chi connectivity index (χ1v) is 9.69. The van der Waals surface area contributed by atoms with Crippen molar-refractivity contribution in [2.45, 2.75) is 13.3 Å². The number of nitrogens with zero attached hydrogens (tertiary/aromatic N) is 2. The van der Waals surface area contributed by atoms with Crippen LogP contribution in [-0.2, 0) is 11.2 Å². The summed E-state index contributed by atoms with van der Waals surface area (Å²) in [7, 11) is 0. The number of para-hydroxylation sites is 1. The maximum Gasteiger partial charge on any atom is 0.243 e. The Bertz CT molecular complexity index is 1160. The molecule has 4 rings (SSSR count). The van der Waals surface area contributed by atoms with Crippen LogP contribution < -0.4 is 9.64 Å². The molecule has 0 aliphatic carbocycles. The van der Waals surface area contributed by atoms with Crippen molar-refractivity contribution in [3.63, 3.8) is 0 Å². The number of benzene rings is 2. The van der Waals surface area contributed by atoms with Crippen LogP contribution in [-0.4, -0.2) is 22.9 Å². The number of H-pyrrole nitrogens is 1. The lowest BCUT2D eigenvalue weighted by Crippen LogP contribution is -2.24. The van der Waals surface area contributed by atoms with Gasteiger partial charge >= 0.3 is 0 Å². The van der Waals surface area contributed by atoms with Crippen molar-refractivity contribution in [1.29, 1.82) is 0 Å². The molecule has 1 amide bonds. The largest absolute Gasteiger partial charge is 0.437 e. The average molecular weight is 406 g/mol. The number of aromatic nitrogens is 2. The number of fused-ring (bicyclic) bond motifs is 1. The highest BCUT2D eigenvalue weighted by atomic mass is 35.5. The summed E-state index contributed by atoms with van der Waals surface area (Å²) in [4.78, 5) is 21.1. The first-order chi connectivity index (χ1) is 14.2. The lowest BCUT2D eigenvalue weighted by atomic mass is 10.1. The molecule has 0 aliphatic heterocycles. The highest BCUT2D eigenvalue weighted by Gasteiger charge is 2.15. The van der Waals surface area contributed by atoms with Gasteiger partial charge in [0.1, 0.15) is 11.4 Å². The van der Waals surface area contributed by atoms with Crippen molar-refractivity contribution in [2.24, 2.45) is 0 Å². The Balaban J connectivity index is 1.56. The molecule has 0 bridgehead atoms. The van der Waals surface area contributed by atoms with Crippen LogP contribution in [0.4, 0.5) is 5.69 Å². The van der Waals surface area contributed by atoms with Gasteiger partial charge in [0, 0.05) is 34.9 Å². The van der Waals surface area contributed by atoms with Crippen LogP contribution in [0.5, 0.6) is 11.6 Å². The van der Waals surface area contributed by atoms with E-state index in [4.69, 9.17) is 16.3 Å². The minimum atomic E-state index is 0.379. The molecule has 0 aliphatic rings. The topological polar surface area (TPSA) is 58.2 Å². The fraction of sp³-hybridized carbons (Fsp3) is 0.130. The molecule has 2 heterocycles. The third kappa shape index (κ3) is 4.10. The van der Waals surface area contributed by atoms with Gasteiger partial charge in [-0.05, 0) is 60.9 Å². The lowest BCUT2D eigenvalue weighted by molar-refractivity contribution is -0.107. The number of aryl methyl sites for hydroxylation is 1. The number of hydrogen-bond acceptors (Lipinski definition) is 3. The molecule has 1 N–H and O–H groups in total. The molecular weight excluding hydrogens is 386 g/mol. The number of pyridine rings is 1. The summed E-state index contributed by atoms with van der Waals surface area (Å²) in [6.07, 6.45) is 5.16. The molecule has 0 fully saturated rings. The minimum Gasteiger partial charge on any atom is -0.437 e. The number of aromatic amines is 1. The van der Waals surface area contributed by atoms with Crippen molar-refractivity contribution < 1.29 is 9.53 Å². The number of amides is 1. The van der Waals surface area contributed by atoms with E-state index in [0.29, 0.717) is 35.3 Å². The molecule has 0 atom stereocenters. The smallest absolute Gasteiger partial charge is 0.243 e. The first kappa shape index (κ1) is 19.0. The number of anilines is 1. The summed E-state index contributed by atoms with van der Waals surface area (Å²) in [5.41, 5.74) is 3.76. The minimum absolute atomic E-state index is 0.379. The maximum atomic E-state index is 11.9. The second kappa shape index (κ2) is 8.37. The summed E-state index contributed by atoms with van der Waals surface area (Å²) >= 11 is 6.03. The number of nitrogens with one attached hydrogen (secondary N) is 1. The lowest BCUT2D eigenvalue weighted by Gasteiger charge is -2.20. The van der Waals surface area contributed by atoms with Crippen LogP contribution in [0, 0.1) is 6.92 Å². The number of rotatable bonds is 7. The molecule has 2 aromatic heterocycles. The van der Waals surface area contributed by atoms with Gasteiger partial charge in [0.15, 0.2) is 0 Å². The molecule has 0 saturated carbocycles. The molecule has 5 nitrogen and oxygen atoms in total. The van der Waals surface area contributed by atoms with Crippen molar-refractivity contribution in [2.75, 3.05) is 11.4 Å². The van der Waals surface area contributed by atoms with Crippen LogP contribution in [0.15, 0.2) is 67.0 Å². The van der Waals surface area contributed by atoms with Gasteiger partial charge in [-0.25, -0.2) is 4.98 Å². The van der Waals surface area contributed by atoms with E-state index in [1.807, 2.05) is 43.5 Å². The van der Waals surface area contributed by atoms with Gasteiger partial charge in [0.05, 0.1) is 0 Å². The third-order valence-electron chi connectivity index (χ3n) is 4.83. The molecule has 0 radical (unpaired) electrons. The zero-order valence-corrected chi connectivity index (χ0v) is 16.7. The number of carbonyl (C=O) groups excluding carboxylic acids is 1. The molecule has 0 spiro atoms. The summed E-state index contributed by atoms with van der Waals surface area (Å²) in [5, 5.41) is 1.81. The number of halogens is 1. The Kier molecular flexibility index (Phi) is 5.49. The van der Waals surface area contributed by atoms with Gasteiger partial charge in [-0.1, -0.05) is 29.8 Å². The van der Waals surface area contributed by atoms with E-state index in [-0.39, 0.29) is 0 Å². The zero-order chi connectivity index (χ0) is 20.2. The summed E-state index contributed by atoms with van der Waals surface area (Å²) in [6.45, 7) is 2.42. The number of hydrogen-bond donors (Lipinski definition) is 1. The fourth-order valence-corrected chi connectivity index (χ4v) is 3.55. The molecule has 29 heavy (non-hydrogen) atoms. The monoisotopic (exact) mass is 405 g/mol. The second-order valence-corrected chi connectivity index (χ2v) is 7.18. The fourth-order valence-electron chi connectivity index (χ4n) is 3.32. The third-order valence-corrected chi connectivity index (χ3v) is 5.06. The van der Waals surface area contributed by atoms with Crippen LogP contribution in [0.2, 0.25) is 5.02 Å². The quantitative estimate of drug-likeness (QED) is 0.412. The van der Waals surface area contributed by atoms with Crippen molar-refractivity contribution in [3.05, 3.63) is 83.1 Å². The maximum absolute atomic E-state index is 11.9. The van der Waals surface area contributed by atoms with Crippen LogP contribution in [0.25, 0.3) is 10.9 Å². The van der Waals surface area contributed by atoms with Crippen molar-refractivity contribution >= 4 is 34.6 Å². The SMILES string of the molecule is Cc1cc(Cl)ccc1Oc1ncccc1N(C=O)CCc1c[nH]c2ccccc12. The summed E-state index contributed by atoms with van der Waals surface area (Å²) in [5.74, 6) is 1.03. The van der Waals surface area contributed by atoms with Crippen LogP contribution >= 0.6 is 11.6 Å². The highest BCUT2D eigenvalue weighted by Crippen LogP contribution is 2.32. The molecule has 6 heteroatoms. The Morgan fingerprint density at radius 1 is 1.17 bits per heavy atom. The Morgan fingerprint density at radius 2 is 2.03 bits per heavy atom. The van der Waals surface area contributed by atoms with E-state index >= 15 is 0 Å². The van der Waals surface area contributed by atoms with E-state index in [9.17, 15) is 4.79 Å². The predicted octanol–water partition coefficient (Wildman–Crippen LogP) is 5.52. The molecule has 2 aromatic carbocycles. The van der Waals surface area contributed by atoms with Gasteiger partial charge in [-0.15, -0.1) is 0 Å². The zero-order valence-electron chi connectivity index (χ0n) is 15.9. The van der Waals surface area contributed by atoms with Crippen LogP contribution in [0.3, 0.4) is 0 Å². The van der Waals surface area contributed by atoms with E-state index in [0.717, 1.165) is 28.4 Å². The standard InChI is InChI=1S/C23H20ClN3O2/c1-16-13-18(24)8-9-22(16)29-23-21(7-4-11-25-23)27(15-28)12-10-17-14-26-20-6-3-2-5-19(17)20/h2-9,11,13-15,26H,10,12H2,1H3. The van der Waals surface area contributed by atoms with Gasteiger partial charge in [0.2, 0.25) is 12.3 Å². The Labute approximate surface area is 173 Å². The molecule has 0 saturated heterocycles. The number of carbonyl (C=O) groups is 1. The predicted molar refractivity (Wildman–Crippen MR) is 116 cm³/mol. The second-order valence-electron chi connectivity index (χ2n) is 6.75. The molecule has 4 aromatic rings. The van der Waals surface area contributed by atoms with E-state index < -0.39 is 0 Å². The highest BCUT2D eigenvalue weighted by molar-refractivity contribution is 6.30. The van der Waals surface area contributed by atoms with Gasteiger partial charge in [-0.3, -0.25) is 4.79 Å². The van der Waals surface area contributed by atoms with Crippen LogP contribution in [0.1, 0.15) is 11.1 Å². The molecule has 0 unspecified atom stereocenters. The Hall–Kier alpha value is -3.31. The average Bonchev–Trinajstić information content (AvgIpc) is 3.15. The van der Waals surface area contributed by atoms with E-state index in [1.165, 1.54) is 0 Å². The summed E-state index contributed by atoms with van der Waals surface area (Å²) < 4.78 is 6.01. The number of ether oxygens (including phenoxy) is 1. The van der Waals surface area contributed by atoms with Gasteiger partial charge in [-0.2, -0.15) is 0 Å². The van der Waals surface area contributed by atoms with Crippen molar-refractivity contribution in [1.82, 2.24) is 9.97 Å². The normalized spacial score (nSPS) is 10.8. The summed E-state index contributed by atoms with van der Waals surface area (Å²) in [6, 6.07) is 17.1. The van der Waals surface area contributed by atoms with Crippen molar-refractivity contribution in [3.8, 4) is 11.6 Å². The first-order valence-electron chi connectivity index (χ1n) is 9.31. The molecule has 146 valence electrons. The van der Waals surface area contributed by atoms with Gasteiger partial charge < -0.3 is 14.6 Å². The Morgan fingerprint density at radius 3 is 2.86 bits per heavy atom.